The zero-order valence-corrected chi connectivity index (χ0v) is 88.7. The summed E-state index contributed by atoms with van der Waals surface area (Å²) in [4.78, 5) is 81.5. The van der Waals surface area contributed by atoms with Crippen molar-refractivity contribution in [3.63, 3.8) is 0 Å². The number of aromatic carboxylic acids is 1. The summed E-state index contributed by atoms with van der Waals surface area (Å²) in [5, 5.41) is 21.4. The highest BCUT2D eigenvalue weighted by atomic mass is 32.2. The minimum atomic E-state index is -1.16. The molecule has 0 saturated carbocycles. The first-order valence-electron chi connectivity index (χ1n) is 48.1. The lowest BCUT2D eigenvalue weighted by atomic mass is 9.85. The fourth-order valence-electron chi connectivity index (χ4n) is 13.4. The van der Waals surface area contributed by atoms with Gasteiger partial charge in [-0.25, -0.2) is 41.2 Å². The molecule has 0 aromatic heterocycles. The number of carboxylic acids is 1. The summed E-state index contributed by atoms with van der Waals surface area (Å²) in [6, 6.07) is 33.3. The number of amides is 1. The maximum absolute atomic E-state index is 12.4. The lowest BCUT2D eigenvalue weighted by Crippen LogP contribution is -2.37. The van der Waals surface area contributed by atoms with E-state index >= 15 is 0 Å². The summed E-state index contributed by atoms with van der Waals surface area (Å²) < 4.78 is 55.8. The van der Waals surface area contributed by atoms with Crippen LogP contribution >= 0.6 is 0 Å². The fraction of sp³-hybridized carbons (Fsp3) is 0.616. The van der Waals surface area contributed by atoms with Crippen LogP contribution in [0.25, 0.3) is 0 Å². The van der Waals surface area contributed by atoms with E-state index in [4.69, 9.17) is 9.47 Å². The van der Waals surface area contributed by atoms with Gasteiger partial charge in [0.2, 0.25) is 0 Å². The van der Waals surface area contributed by atoms with E-state index in [1.807, 2.05) is 290 Å². The number of esters is 2. The van der Waals surface area contributed by atoms with Crippen molar-refractivity contribution in [3.8, 4) is 5.75 Å². The summed E-state index contributed by atoms with van der Waals surface area (Å²) >= 11 is 0. The number of Topliss-reactive ketones (excluding diaryl/α,β-unsaturated/α-hetero) is 3. The molecule has 0 radical (unpaired) electrons. The quantitative estimate of drug-likeness (QED) is 0.0622. The summed E-state index contributed by atoms with van der Waals surface area (Å²) in [5.74, 6) is -0.657. The van der Waals surface area contributed by atoms with Crippen LogP contribution in [0.2, 0.25) is 0 Å². The zero-order chi connectivity index (χ0) is 99.5. The molecule has 772 valence electrons. The second kappa shape index (κ2) is 87.1. The number of benzene rings is 6. The Hall–Kier alpha value is -7.66. The van der Waals surface area contributed by atoms with E-state index in [1.54, 1.807) is 62.5 Å². The lowest BCUT2D eigenvalue weighted by molar-refractivity contribution is 0.0515. The Labute approximate surface area is 825 Å². The van der Waals surface area contributed by atoms with Crippen LogP contribution in [0.5, 0.6) is 5.75 Å². The van der Waals surface area contributed by atoms with E-state index in [2.05, 4.69) is 32.5 Å². The zero-order valence-electron chi connectivity index (χ0n) is 86.3. The lowest BCUT2D eigenvalue weighted by Gasteiger charge is -2.30. The maximum Gasteiger partial charge on any atom is 0.338 e. The molecule has 18 nitrogen and oxygen atoms in total. The molecule has 0 spiro atoms. The van der Waals surface area contributed by atoms with Crippen molar-refractivity contribution in [2.45, 2.75) is 442 Å². The van der Waals surface area contributed by atoms with E-state index in [0.29, 0.717) is 59.7 Å². The monoisotopic (exact) mass is 1920 g/mol. The van der Waals surface area contributed by atoms with Crippen molar-refractivity contribution >= 4 is 74.1 Å². The van der Waals surface area contributed by atoms with Gasteiger partial charge in [-0.15, -0.1) is 0 Å². The summed E-state index contributed by atoms with van der Waals surface area (Å²) in [6.07, 6.45) is 15.5. The van der Waals surface area contributed by atoms with Crippen LogP contribution in [0.3, 0.4) is 0 Å². The molecule has 6 aromatic carbocycles. The van der Waals surface area contributed by atoms with Crippen molar-refractivity contribution < 1.29 is 65.9 Å². The summed E-state index contributed by atoms with van der Waals surface area (Å²) in [6.45, 7) is 71.9. The third-order valence-corrected chi connectivity index (χ3v) is 23.6. The third kappa shape index (κ3) is 51.4. The van der Waals surface area contributed by atoms with Crippen molar-refractivity contribution in [1.29, 1.82) is 0 Å². The number of phenols is 1. The molecule has 6 N–H and O–H groups in total. The predicted octanol–water partition coefficient (Wildman–Crippen LogP) is 31.5. The van der Waals surface area contributed by atoms with Gasteiger partial charge in [0.05, 0.1) is 77.1 Å². The topological polar surface area (TPSA) is 278 Å². The molecule has 6 aromatic rings. The number of ketones is 3. The largest absolute Gasteiger partial charge is 0.508 e. The molecule has 1 amide bonds. The smallest absolute Gasteiger partial charge is 0.338 e. The number of ether oxygens (including phenoxy) is 2. The highest BCUT2D eigenvalue weighted by Crippen LogP contribution is 2.37. The van der Waals surface area contributed by atoms with Crippen molar-refractivity contribution in [2.24, 2.45) is 0 Å². The molecule has 0 bridgehead atoms. The maximum atomic E-state index is 12.4. The average molecular weight is 1930 g/mol. The number of phenolic OH excluding ortho intramolecular Hbond substituents is 1. The second-order valence-electron chi connectivity index (χ2n) is 29.3. The minimum Gasteiger partial charge on any atom is -0.508 e. The Morgan fingerprint density at radius 3 is 0.895 bits per heavy atom. The molecule has 0 saturated heterocycles. The molecule has 0 fully saturated rings. The number of carbonyl (C=O) groups is 7. The number of aromatic hydroxyl groups is 1. The van der Waals surface area contributed by atoms with E-state index in [-0.39, 0.29) is 112 Å². The molecule has 0 heterocycles. The molecule has 12 rings (SSSR count). The van der Waals surface area contributed by atoms with Crippen LogP contribution in [0, 0.1) is 6.92 Å². The number of fused-ring (bicyclic) bond motifs is 6. The molecule has 6 aliphatic carbocycles. The fourth-order valence-corrected chi connectivity index (χ4v) is 15.9. The van der Waals surface area contributed by atoms with Gasteiger partial charge in [-0.1, -0.05) is 290 Å². The molecule has 0 aliphatic heterocycles. The Morgan fingerprint density at radius 1 is 0.346 bits per heavy atom. The normalized spacial score (nSPS) is 14.5. The molecule has 6 atom stereocenters. The SMILES string of the molecule is C.C.C.C.C.C.CC.CC.CC.CC.CC.CC.CC.CC.CC.CC.CC.CC.CC(C)(C)[S@](=O)N[C@H]1CCCc2c(C(=O)O)cccc21.CCOC(=O)c1cccc2c1CCCC2=O.CCOC(=O)c1cccc2c1CCC[C@@H]2N[S@@](=O)C(C)(C)C.CNC(=O)c1cccc2c1CCC[C@@H]2N[S@@](=O)C(C)(C)C.Cc1cccc2c1CCCC2=O.O=C1CCCc2c(O)cccc21. The number of hydrogen-bond acceptors (Lipinski definition) is 13. The average Bonchev–Trinajstić information content (AvgIpc) is 0.794. The van der Waals surface area contributed by atoms with Crippen LogP contribution in [0.4, 0.5) is 0 Å². The van der Waals surface area contributed by atoms with Gasteiger partial charge >= 0.3 is 17.9 Å². The Balaban J connectivity index is -0.000000126. The van der Waals surface area contributed by atoms with E-state index in [1.165, 1.54) is 11.1 Å². The number of nitrogens with one attached hydrogen (secondary N) is 4. The van der Waals surface area contributed by atoms with E-state index in [9.17, 15) is 56.4 Å². The van der Waals surface area contributed by atoms with Gasteiger partial charge in [0.1, 0.15) is 5.75 Å². The third-order valence-electron chi connectivity index (χ3n) is 18.8. The van der Waals surface area contributed by atoms with Gasteiger partial charge in [-0.05, 0) is 260 Å². The highest BCUT2D eigenvalue weighted by Gasteiger charge is 2.33. The first kappa shape index (κ1) is 151. The Kier molecular flexibility index (Phi) is 98.8. The van der Waals surface area contributed by atoms with Gasteiger partial charge in [0, 0.05) is 72.3 Å². The Morgan fingerprint density at radius 2 is 0.594 bits per heavy atom. The summed E-state index contributed by atoms with van der Waals surface area (Å²) in [7, 11) is -1.75. The van der Waals surface area contributed by atoms with Crippen LogP contribution in [-0.2, 0) is 81.0 Å². The van der Waals surface area contributed by atoms with Crippen molar-refractivity contribution in [1.82, 2.24) is 19.5 Å². The molecular weight excluding hydrogens is 1720 g/mol. The number of hydrogen-bond donors (Lipinski definition) is 6. The first-order chi connectivity index (χ1) is 60.8. The predicted molar refractivity (Wildman–Crippen MR) is 586 cm³/mol. The van der Waals surface area contributed by atoms with Gasteiger partial charge < -0.3 is 25.0 Å². The van der Waals surface area contributed by atoms with Crippen LogP contribution in [0.15, 0.2) is 109 Å². The molecule has 0 unspecified atom stereocenters. The minimum absolute atomic E-state index is 0. The number of rotatable bonds is 12. The van der Waals surface area contributed by atoms with Crippen LogP contribution in [0.1, 0.15) is 510 Å². The highest BCUT2D eigenvalue weighted by molar-refractivity contribution is 7.85. The standard InChI is InChI=1S/C17H25NO3S.C16H24N2O2S.C15H21NO3S.C13H14O3.C11H12O.C10H10O2.12C2H6.6CH4/c1-5-21-16(19)14-10-6-9-13-12(14)8-7-11-15(13)18-22(20)17(2,3)4;1-16(2,3)21(20)18-14-10-6-7-11-12(14)8-5-9-13(11)15(19)17-4;1-15(2,3)20(19)16-13-9-5-6-10-11(13)7-4-8-12(10)14(17)18;1-2-16-13(15)11-7-3-6-10-9(11)5-4-8-12(10)14;1-8-4-2-6-10-9(8)5-3-7-11(10)12;11-9-5-1-3-7-8(9)4-2-6-10(7)12;12*1-2;;;;;;/h6,9-10,15,18H,5,7-8,11H2,1-4H3;5,8-9,14,18H,6-7,10H2,1-4H3,(H,17,19);4,7-8,13,16H,5-6,9H2,1-3H3,(H,17,18);3,6-7H,2,4-5,8H2,1H3;2,4,6H,3,5,7H2,1H3;1,3,5,11H,2,4,6H2;12*1-2H3;6*1H4/t15-,22-;14-,21-;13-,20-;;;;;;;;;;;;;;;;;;;;;/m000...................../s1. The van der Waals surface area contributed by atoms with Crippen molar-refractivity contribution in [3.05, 3.63) is 204 Å². The van der Waals surface area contributed by atoms with Crippen LogP contribution < -0.4 is 19.5 Å². The second-order valence-corrected chi connectivity index (χ2v) is 35.3. The molecule has 6 aliphatic rings. The molecule has 21 heteroatoms. The van der Waals surface area contributed by atoms with Gasteiger partial charge in [0.25, 0.3) is 5.91 Å². The molecule has 133 heavy (non-hydrogen) atoms. The molecular formula is C112H202N4O14S3. The van der Waals surface area contributed by atoms with Crippen molar-refractivity contribution in [2.75, 3.05) is 20.3 Å². The summed E-state index contributed by atoms with van der Waals surface area (Å²) in [5.41, 5.74) is 15.1. The first-order valence-corrected chi connectivity index (χ1v) is 51.6. The Bertz CT molecular complexity index is 4070. The van der Waals surface area contributed by atoms with Gasteiger partial charge in [-0.2, -0.15) is 0 Å². The number of carbonyl (C=O) groups excluding carboxylic acids is 6. The van der Waals surface area contributed by atoms with E-state index < -0.39 is 38.9 Å². The van der Waals surface area contributed by atoms with E-state index in [0.717, 1.165) is 158 Å². The number of carboxylic acid groups (broad SMARTS) is 1. The van der Waals surface area contributed by atoms with Gasteiger partial charge in [-0.3, -0.25) is 19.2 Å². The van der Waals surface area contributed by atoms with Gasteiger partial charge in [0.15, 0.2) is 17.3 Å². The number of aryl methyl sites for hydroxylation is 1. The van der Waals surface area contributed by atoms with Crippen LogP contribution in [-0.4, -0.2) is 98.5 Å².